The Morgan fingerprint density at radius 2 is 1.89 bits per heavy atom. The summed E-state index contributed by atoms with van der Waals surface area (Å²) in [5.74, 6) is -3.19. The Kier molecular flexibility index (Phi) is 7.62. The Morgan fingerprint density at radius 3 is 2.61 bits per heavy atom. The Balaban J connectivity index is 1.40. The van der Waals surface area contributed by atoms with Crippen LogP contribution in [-0.4, -0.2) is 41.2 Å². The van der Waals surface area contributed by atoms with Gasteiger partial charge in [0.2, 0.25) is 0 Å². The fourth-order valence-electron chi connectivity index (χ4n) is 5.35. The molecule has 0 unspecified atom stereocenters. The molecule has 3 heterocycles. The number of amides is 1. The van der Waals surface area contributed by atoms with Gasteiger partial charge < -0.3 is 20.5 Å². The molecule has 1 saturated carbocycles. The molecule has 3 aromatic rings. The Labute approximate surface area is 218 Å². The van der Waals surface area contributed by atoms with Gasteiger partial charge in [-0.3, -0.25) is 9.78 Å². The highest BCUT2D eigenvalue weighted by atomic mass is 19.1. The lowest BCUT2D eigenvalue weighted by molar-refractivity contribution is 0.102. The van der Waals surface area contributed by atoms with Crippen molar-refractivity contribution in [2.75, 3.05) is 18.5 Å². The van der Waals surface area contributed by atoms with Crippen molar-refractivity contribution >= 4 is 11.6 Å². The van der Waals surface area contributed by atoms with Crippen LogP contribution < -0.4 is 15.8 Å². The third kappa shape index (κ3) is 5.66. The molecule has 0 spiro atoms. The van der Waals surface area contributed by atoms with E-state index >= 15 is 0 Å². The molecule has 38 heavy (non-hydrogen) atoms. The van der Waals surface area contributed by atoms with Crippen LogP contribution >= 0.6 is 0 Å². The molecule has 3 N–H and O–H groups in total. The summed E-state index contributed by atoms with van der Waals surface area (Å²) in [6.07, 6.45) is 6.13. The van der Waals surface area contributed by atoms with Gasteiger partial charge in [-0.15, -0.1) is 0 Å². The number of nitrogens with one attached hydrogen (secondary N) is 1. The van der Waals surface area contributed by atoms with E-state index in [0.717, 1.165) is 49.1 Å². The molecular formula is C28H29F3N4O3. The van der Waals surface area contributed by atoms with E-state index in [0.29, 0.717) is 31.2 Å². The number of halogens is 3. The van der Waals surface area contributed by atoms with Gasteiger partial charge in [0.15, 0.2) is 0 Å². The molecule has 200 valence electrons. The first kappa shape index (κ1) is 26.1. The van der Waals surface area contributed by atoms with Crippen molar-refractivity contribution in [3.05, 3.63) is 71.4 Å². The average molecular weight is 527 g/mol. The zero-order valence-electron chi connectivity index (χ0n) is 20.9. The van der Waals surface area contributed by atoms with Gasteiger partial charge >= 0.3 is 0 Å². The molecule has 5 rings (SSSR count). The number of pyridine rings is 2. The molecule has 1 aliphatic heterocycles. The van der Waals surface area contributed by atoms with Gasteiger partial charge in [0.25, 0.3) is 5.91 Å². The van der Waals surface area contributed by atoms with E-state index in [1.807, 2.05) is 6.07 Å². The number of anilines is 1. The van der Waals surface area contributed by atoms with Crippen LogP contribution in [0.3, 0.4) is 0 Å². The predicted molar refractivity (Wildman–Crippen MR) is 135 cm³/mol. The normalized spacial score (nSPS) is 23.3. The van der Waals surface area contributed by atoms with E-state index in [4.69, 9.17) is 15.2 Å². The first-order valence-electron chi connectivity index (χ1n) is 12.7. The van der Waals surface area contributed by atoms with Gasteiger partial charge in [-0.1, -0.05) is 6.92 Å². The molecule has 2 aliphatic rings. The number of carbonyl (C=O) groups is 1. The van der Waals surface area contributed by atoms with Crippen molar-refractivity contribution in [2.24, 2.45) is 11.7 Å². The molecule has 2 aromatic heterocycles. The quantitative estimate of drug-likeness (QED) is 0.458. The molecule has 0 bridgehead atoms. The van der Waals surface area contributed by atoms with E-state index in [2.05, 4.69) is 22.2 Å². The number of rotatable bonds is 6. The van der Waals surface area contributed by atoms with Crippen molar-refractivity contribution in [3.8, 4) is 17.0 Å². The lowest BCUT2D eigenvalue weighted by Gasteiger charge is -2.32. The number of nitrogens with two attached hydrogens (primary N) is 1. The van der Waals surface area contributed by atoms with E-state index in [-0.39, 0.29) is 29.5 Å². The third-order valence-corrected chi connectivity index (χ3v) is 7.04. The largest absolute Gasteiger partial charge is 0.488 e. The Bertz CT molecular complexity index is 1300. The second-order valence-electron chi connectivity index (χ2n) is 10.1. The summed E-state index contributed by atoms with van der Waals surface area (Å²) >= 11 is 0. The number of ether oxygens (including phenoxy) is 2. The molecule has 1 saturated heterocycles. The van der Waals surface area contributed by atoms with Crippen molar-refractivity contribution in [1.29, 1.82) is 0 Å². The lowest BCUT2D eigenvalue weighted by Crippen LogP contribution is -2.31. The third-order valence-electron chi connectivity index (χ3n) is 7.04. The number of carbonyl (C=O) groups excluding carboxylic acids is 1. The summed E-state index contributed by atoms with van der Waals surface area (Å²) in [6.45, 7) is 2.98. The van der Waals surface area contributed by atoms with Crippen molar-refractivity contribution in [3.63, 3.8) is 0 Å². The second-order valence-corrected chi connectivity index (χ2v) is 10.1. The fourth-order valence-corrected chi connectivity index (χ4v) is 5.35. The van der Waals surface area contributed by atoms with Crippen LogP contribution in [-0.2, 0) is 4.74 Å². The Morgan fingerprint density at radius 1 is 1.11 bits per heavy atom. The maximum atomic E-state index is 15.0. The average Bonchev–Trinajstić information content (AvgIpc) is 3.37. The minimum Gasteiger partial charge on any atom is -0.488 e. The van der Waals surface area contributed by atoms with E-state index in [1.165, 1.54) is 6.20 Å². The van der Waals surface area contributed by atoms with Gasteiger partial charge in [-0.25, -0.2) is 18.2 Å². The minimum atomic E-state index is -1.06. The summed E-state index contributed by atoms with van der Waals surface area (Å²) in [5.41, 5.74) is 6.13. The summed E-state index contributed by atoms with van der Waals surface area (Å²) in [5, 5.41) is 2.78. The number of benzene rings is 1. The van der Waals surface area contributed by atoms with Gasteiger partial charge in [0, 0.05) is 30.8 Å². The molecule has 2 fully saturated rings. The van der Waals surface area contributed by atoms with E-state index < -0.39 is 34.6 Å². The van der Waals surface area contributed by atoms with Crippen LogP contribution in [0.15, 0.2) is 42.7 Å². The highest BCUT2D eigenvalue weighted by Gasteiger charge is 2.28. The van der Waals surface area contributed by atoms with Crippen LogP contribution in [0.2, 0.25) is 0 Å². The van der Waals surface area contributed by atoms with Crippen LogP contribution in [0.4, 0.5) is 18.9 Å². The summed E-state index contributed by atoms with van der Waals surface area (Å²) in [6, 6.07) is 5.99. The first-order chi connectivity index (χ1) is 18.3. The van der Waals surface area contributed by atoms with Gasteiger partial charge in [0.1, 0.15) is 40.7 Å². The van der Waals surface area contributed by atoms with Crippen LogP contribution in [0.25, 0.3) is 11.3 Å². The van der Waals surface area contributed by atoms with Crippen molar-refractivity contribution in [2.45, 2.75) is 50.7 Å². The predicted octanol–water partition coefficient (Wildman–Crippen LogP) is 5.21. The molecule has 1 amide bonds. The smallest absolute Gasteiger partial charge is 0.274 e. The maximum Gasteiger partial charge on any atom is 0.274 e. The number of aromatic nitrogens is 2. The minimum absolute atomic E-state index is 0.0330. The molecule has 10 heteroatoms. The first-order valence-corrected chi connectivity index (χ1v) is 12.7. The molecular weight excluding hydrogens is 497 g/mol. The summed E-state index contributed by atoms with van der Waals surface area (Å²) in [7, 11) is 0. The fraction of sp³-hybridized carbons (Fsp3) is 0.393. The standard InChI is InChI=1S/C28H29F3N4O3/c1-15-8-16(10-17(32)9-15)20-4-6-33-13-25(20)35-28(36)24-3-2-21(29)27(34-24)26-22(30)11-19(12-23(26)31)38-18-5-7-37-14-18/h2-4,6,11-13,15-18H,5,7-10,14,32H2,1H3,(H,35,36)/t15-,16+,17-,18-/m0/s1. The van der Waals surface area contributed by atoms with Crippen LogP contribution in [0.1, 0.15) is 54.6 Å². The van der Waals surface area contributed by atoms with Gasteiger partial charge in [-0.2, -0.15) is 0 Å². The van der Waals surface area contributed by atoms with E-state index in [9.17, 15) is 18.0 Å². The highest BCUT2D eigenvalue weighted by molar-refractivity contribution is 6.03. The molecule has 7 nitrogen and oxygen atoms in total. The second kappa shape index (κ2) is 11.1. The highest BCUT2D eigenvalue weighted by Crippen LogP contribution is 2.38. The molecule has 0 radical (unpaired) electrons. The van der Waals surface area contributed by atoms with Gasteiger partial charge in [-0.05, 0) is 54.9 Å². The number of hydrogen-bond donors (Lipinski definition) is 2. The van der Waals surface area contributed by atoms with Crippen molar-refractivity contribution < 1.29 is 27.4 Å². The lowest BCUT2D eigenvalue weighted by atomic mass is 9.76. The van der Waals surface area contributed by atoms with Crippen LogP contribution in [0.5, 0.6) is 5.75 Å². The van der Waals surface area contributed by atoms with Crippen LogP contribution in [0, 0.1) is 23.4 Å². The van der Waals surface area contributed by atoms with Gasteiger partial charge in [0.05, 0.1) is 30.7 Å². The number of hydrogen-bond acceptors (Lipinski definition) is 6. The molecule has 1 aliphatic carbocycles. The van der Waals surface area contributed by atoms with Crippen molar-refractivity contribution in [1.82, 2.24) is 9.97 Å². The molecule has 1 aromatic carbocycles. The maximum absolute atomic E-state index is 15.0. The SMILES string of the molecule is C[C@@H]1C[C@H](N)C[C@H](c2ccncc2NC(=O)c2ccc(F)c(-c3c(F)cc(O[C@H]4CCOC4)cc3F)n2)C1. The monoisotopic (exact) mass is 526 g/mol. The summed E-state index contributed by atoms with van der Waals surface area (Å²) < 4.78 is 55.4. The topological polar surface area (TPSA) is 99.4 Å². The Hall–Kier alpha value is -3.50. The molecule has 4 atom stereocenters. The van der Waals surface area contributed by atoms with E-state index in [1.54, 1.807) is 6.20 Å². The zero-order valence-corrected chi connectivity index (χ0v) is 20.9. The number of nitrogens with zero attached hydrogens (tertiary/aromatic N) is 2. The zero-order chi connectivity index (χ0) is 26.8. The summed E-state index contributed by atoms with van der Waals surface area (Å²) in [4.78, 5) is 21.2.